The van der Waals surface area contributed by atoms with Crippen molar-refractivity contribution in [3.8, 4) is 0 Å². The van der Waals surface area contributed by atoms with Crippen LogP contribution in [0.1, 0.15) is 39.1 Å². The van der Waals surface area contributed by atoms with Crippen LogP contribution in [0.15, 0.2) is 30.6 Å². The fourth-order valence-electron chi connectivity index (χ4n) is 2.83. The highest BCUT2D eigenvalue weighted by Crippen LogP contribution is 2.15. The lowest BCUT2D eigenvalue weighted by Crippen LogP contribution is -2.46. The number of hydrogen-bond donors (Lipinski definition) is 2. The largest absolute Gasteiger partial charge is 0.349 e. The highest BCUT2D eigenvalue weighted by atomic mass is 19.1. The average Bonchev–Trinajstić information content (AvgIpc) is 3.12. The van der Waals surface area contributed by atoms with Gasteiger partial charge in [-0.3, -0.25) is 14.7 Å². The molecule has 0 saturated carbocycles. The van der Waals surface area contributed by atoms with Crippen molar-refractivity contribution >= 4 is 11.8 Å². The maximum Gasteiger partial charge on any atom is 0.257 e. The molecule has 2 aromatic rings. The summed E-state index contributed by atoms with van der Waals surface area (Å²) in [6, 6.07) is 4.34. The van der Waals surface area contributed by atoms with Crippen LogP contribution in [-0.4, -0.2) is 46.0 Å². The van der Waals surface area contributed by atoms with E-state index < -0.39 is 0 Å². The van der Waals surface area contributed by atoms with Crippen molar-refractivity contribution in [2.45, 2.75) is 25.8 Å². The van der Waals surface area contributed by atoms with Crippen LogP contribution in [0.25, 0.3) is 0 Å². The van der Waals surface area contributed by atoms with Gasteiger partial charge in [-0.1, -0.05) is 0 Å². The number of aromatic nitrogens is 2. The van der Waals surface area contributed by atoms with Gasteiger partial charge in [-0.2, -0.15) is 5.10 Å². The summed E-state index contributed by atoms with van der Waals surface area (Å²) in [5.74, 6) is -0.585. The number of carbonyl (C=O) groups excluding carboxylic acids is 2. The first-order valence-electron chi connectivity index (χ1n) is 7.89. The van der Waals surface area contributed by atoms with Crippen molar-refractivity contribution in [3.63, 3.8) is 0 Å². The van der Waals surface area contributed by atoms with Gasteiger partial charge in [-0.15, -0.1) is 0 Å². The maximum atomic E-state index is 13.3. The van der Waals surface area contributed by atoms with E-state index in [4.69, 9.17) is 0 Å². The van der Waals surface area contributed by atoms with E-state index in [1.54, 1.807) is 24.1 Å². The van der Waals surface area contributed by atoms with Gasteiger partial charge in [0.25, 0.3) is 11.8 Å². The van der Waals surface area contributed by atoms with Crippen LogP contribution in [-0.2, 0) is 0 Å². The summed E-state index contributed by atoms with van der Waals surface area (Å²) in [7, 11) is 0. The summed E-state index contributed by atoms with van der Waals surface area (Å²) in [4.78, 5) is 26.2. The Morgan fingerprint density at radius 3 is 2.67 bits per heavy atom. The lowest BCUT2D eigenvalue weighted by atomic mass is 10.0. The summed E-state index contributed by atoms with van der Waals surface area (Å²) in [6.45, 7) is 2.79. The molecule has 0 aliphatic carbocycles. The number of H-pyrrole nitrogens is 1. The van der Waals surface area contributed by atoms with Crippen molar-refractivity contribution in [3.05, 3.63) is 53.1 Å². The van der Waals surface area contributed by atoms with E-state index in [2.05, 4.69) is 15.5 Å². The van der Waals surface area contributed by atoms with Gasteiger partial charge in [0, 0.05) is 30.9 Å². The third-order valence-corrected chi connectivity index (χ3v) is 4.28. The summed E-state index contributed by atoms with van der Waals surface area (Å²) < 4.78 is 13.3. The zero-order chi connectivity index (χ0) is 17.1. The molecule has 0 spiro atoms. The topological polar surface area (TPSA) is 78.1 Å². The molecular weight excluding hydrogens is 311 g/mol. The minimum absolute atomic E-state index is 0.0104. The van der Waals surface area contributed by atoms with Crippen LogP contribution < -0.4 is 5.32 Å². The van der Waals surface area contributed by atoms with Gasteiger partial charge in [0.15, 0.2) is 0 Å². The molecule has 126 valence electrons. The van der Waals surface area contributed by atoms with Gasteiger partial charge in [-0.25, -0.2) is 4.39 Å². The Morgan fingerprint density at radius 2 is 2.04 bits per heavy atom. The molecule has 3 rings (SSSR count). The standard InChI is InChI=1S/C17H19FN4O2/c1-11-8-12(2-3-15(11)18)16(23)21-14-4-6-22(7-5-14)17(24)13-9-19-20-10-13/h2-3,8-10,14H,4-7H2,1H3,(H,19,20)(H,21,23). The predicted octanol–water partition coefficient (Wildman–Crippen LogP) is 1.89. The summed E-state index contributed by atoms with van der Waals surface area (Å²) in [5, 5.41) is 9.37. The van der Waals surface area contributed by atoms with Gasteiger partial charge in [0.2, 0.25) is 0 Å². The van der Waals surface area contributed by atoms with E-state index in [0.717, 1.165) is 0 Å². The number of carbonyl (C=O) groups is 2. The molecular formula is C17H19FN4O2. The molecule has 1 saturated heterocycles. The zero-order valence-electron chi connectivity index (χ0n) is 13.4. The Labute approximate surface area is 139 Å². The van der Waals surface area contributed by atoms with E-state index in [1.165, 1.54) is 18.3 Å². The Bertz CT molecular complexity index is 737. The molecule has 2 N–H and O–H groups in total. The number of amides is 2. The predicted molar refractivity (Wildman–Crippen MR) is 86.1 cm³/mol. The first-order valence-corrected chi connectivity index (χ1v) is 7.89. The normalized spacial score (nSPS) is 15.3. The average molecular weight is 330 g/mol. The first-order chi connectivity index (χ1) is 11.5. The summed E-state index contributed by atoms with van der Waals surface area (Å²) >= 11 is 0. The number of piperidine rings is 1. The fraction of sp³-hybridized carbons (Fsp3) is 0.353. The van der Waals surface area contributed by atoms with Crippen LogP contribution >= 0.6 is 0 Å². The van der Waals surface area contributed by atoms with Crippen molar-refractivity contribution in [2.75, 3.05) is 13.1 Å². The minimum Gasteiger partial charge on any atom is -0.349 e. The molecule has 2 heterocycles. The minimum atomic E-state index is -0.322. The van der Waals surface area contributed by atoms with Gasteiger partial charge >= 0.3 is 0 Å². The van der Waals surface area contributed by atoms with Crippen LogP contribution in [0.3, 0.4) is 0 Å². The van der Waals surface area contributed by atoms with E-state index in [-0.39, 0.29) is 23.7 Å². The molecule has 1 aromatic heterocycles. The molecule has 1 aliphatic rings. The van der Waals surface area contributed by atoms with Crippen LogP contribution in [0.2, 0.25) is 0 Å². The number of halogens is 1. The Morgan fingerprint density at radius 1 is 1.29 bits per heavy atom. The van der Waals surface area contributed by atoms with Gasteiger partial charge in [0.05, 0.1) is 11.8 Å². The molecule has 7 heteroatoms. The van der Waals surface area contributed by atoms with Gasteiger partial charge in [0.1, 0.15) is 5.82 Å². The molecule has 0 unspecified atom stereocenters. The van der Waals surface area contributed by atoms with E-state index in [0.29, 0.717) is 42.6 Å². The second-order valence-corrected chi connectivity index (χ2v) is 5.99. The Balaban J connectivity index is 1.54. The molecule has 6 nitrogen and oxygen atoms in total. The van der Waals surface area contributed by atoms with Crippen molar-refractivity contribution in [1.82, 2.24) is 20.4 Å². The van der Waals surface area contributed by atoms with E-state index >= 15 is 0 Å². The summed E-state index contributed by atoms with van der Waals surface area (Å²) in [6.07, 6.45) is 4.46. The zero-order valence-corrected chi connectivity index (χ0v) is 13.4. The number of nitrogens with one attached hydrogen (secondary N) is 2. The molecule has 24 heavy (non-hydrogen) atoms. The molecule has 2 amide bonds. The molecule has 1 aromatic carbocycles. The smallest absolute Gasteiger partial charge is 0.257 e. The second kappa shape index (κ2) is 6.82. The number of aryl methyl sites for hydroxylation is 1. The van der Waals surface area contributed by atoms with Gasteiger partial charge < -0.3 is 10.2 Å². The molecule has 0 atom stereocenters. The number of likely N-dealkylation sites (tertiary alicyclic amines) is 1. The van der Waals surface area contributed by atoms with E-state index in [9.17, 15) is 14.0 Å². The summed E-state index contributed by atoms with van der Waals surface area (Å²) in [5.41, 5.74) is 1.44. The lowest BCUT2D eigenvalue weighted by Gasteiger charge is -2.32. The van der Waals surface area contributed by atoms with Crippen LogP contribution in [0.4, 0.5) is 4.39 Å². The Hall–Kier alpha value is -2.70. The second-order valence-electron chi connectivity index (χ2n) is 5.99. The monoisotopic (exact) mass is 330 g/mol. The fourth-order valence-corrected chi connectivity index (χ4v) is 2.83. The Kier molecular flexibility index (Phi) is 4.59. The van der Waals surface area contributed by atoms with Crippen LogP contribution in [0.5, 0.6) is 0 Å². The first kappa shape index (κ1) is 16.2. The number of nitrogens with zero attached hydrogens (tertiary/aromatic N) is 2. The van der Waals surface area contributed by atoms with Crippen molar-refractivity contribution in [2.24, 2.45) is 0 Å². The molecule has 1 aliphatic heterocycles. The highest BCUT2D eigenvalue weighted by Gasteiger charge is 2.25. The third-order valence-electron chi connectivity index (χ3n) is 4.28. The van der Waals surface area contributed by atoms with Gasteiger partial charge in [-0.05, 0) is 43.5 Å². The SMILES string of the molecule is Cc1cc(C(=O)NC2CCN(C(=O)c3cn[nH]c3)CC2)ccc1F. The quantitative estimate of drug-likeness (QED) is 0.902. The number of hydrogen-bond acceptors (Lipinski definition) is 3. The number of benzene rings is 1. The maximum absolute atomic E-state index is 13.3. The number of rotatable bonds is 3. The molecule has 0 bridgehead atoms. The molecule has 0 radical (unpaired) electrons. The van der Waals surface area contributed by atoms with E-state index in [1.807, 2.05) is 0 Å². The van der Waals surface area contributed by atoms with Crippen molar-refractivity contribution in [1.29, 1.82) is 0 Å². The highest BCUT2D eigenvalue weighted by molar-refractivity contribution is 5.95. The third kappa shape index (κ3) is 3.45. The number of aromatic amines is 1. The lowest BCUT2D eigenvalue weighted by molar-refractivity contribution is 0.0698. The molecule has 1 fully saturated rings. The van der Waals surface area contributed by atoms with Crippen LogP contribution in [0, 0.1) is 12.7 Å². The van der Waals surface area contributed by atoms with Crippen molar-refractivity contribution < 1.29 is 14.0 Å².